The highest BCUT2D eigenvalue weighted by Gasteiger charge is 2.33. The summed E-state index contributed by atoms with van der Waals surface area (Å²) in [5.74, 6) is 0.0314. The first-order chi connectivity index (χ1) is 11.8. The summed E-state index contributed by atoms with van der Waals surface area (Å²) in [5.41, 5.74) is 4.01. The fourth-order valence-corrected chi connectivity index (χ4v) is 3.88. The van der Waals surface area contributed by atoms with Gasteiger partial charge in [0, 0.05) is 36.7 Å². The molecule has 1 atom stereocenters. The van der Waals surface area contributed by atoms with Crippen LogP contribution in [0.15, 0.2) is 18.3 Å². The minimum Gasteiger partial charge on any atom is -0.377 e. The third-order valence-electron chi connectivity index (χ3n) is 5.22. The predicted octanol–water partition coefficient (Wildman–Crippen LogP) is 2.23. The minimum atomic E-state index is -0.0515. The molecule has 0 spiro atoms. The van der Waals surface area contributed by atoms with E-state index in [-0.39, 0.29) is 11.9 Å². The van der Waals surface area contributed by atoms with Crippen LogP contribution in [0.4, 0.5) is 0 Å². The molecule has 0 aromatic carbocycles. The van der Waals surface area contributed by atoms with Crippen LogP contribution < -0.4 is 0 Å². The van der Waals surface area contributed by atoms with E-state index in [9.17, 15) is 4.79 Å². The first-order valence-electron chi connectivity index (χ1n) is 8.82. The fourth-order valence-electron chi connectivity index (χ4n) is 3.88. The molecule has 1 unspecified atom stereocenters. The lowest BCUT2D eigenvalue weighted by Crippen LogP contribution is -2.44. The largest absolute Gasteiger partial charge is 0.377 e. The van der Waals surface area contributed by atoms with E-state index in [4.69, 9.17) is 4.74 Å². The molecule has 0 bridgehead atoms. The normalized spacial score (nSPS) is 21.4. The van der Waals surface area contributed by atoms with Crippen LogP contribution in [0.1, 0.15) is 52.7 Å². The molecule has 4 rings (SSSR count). The lowest BCUT2D eigenvalue weighted by Gasteiger charge is -2.35. The van der Waals surface area contributed by atoms with Crippen molar-refractivity contribution in [2.75, 3.05) is 19.8 Å². The molecule has 1 aliphatic carbocycles. The molecular formula is C18H24N4O2. The van der Waals surface area contributed by atoms with E-state index in [1.54, 1.807) is 0 Å². The maximum Gasteiger partial charge on any atom is 0.275 e. The van der Waals surface area contributed by atoms with Gasteiger partial charge in [-0.2, -0.15) is 5.10 Å². The minimum absolute atomic E-state index is 0.0314. The Bertz CT molecular complexity index is 733. The van der Waals surface area contributed by atoms with Crippen molar-refractivity contribution in [1.82, 2.24) is 19.7 Å². The molecule has 1 saturated heterocycles. The molecule has 6 nitrogen and oxygen atoms in total. The van der Waals surface area contributed by atoms with Gasteiger partial charge in [-0.3, -0.25) is 9.89 Å². The van der Waals surface area contributed by atoms with E-state index in [2.05, 4.69) is 20.8 Å². The van der Waals surface area contributed by atoms with Crippen molar-refractivity contribution >= 4 is 5.91 Å². The maximum atomic E-state index is 13.2. The van der Waals surface area contributed by atoms with Gasteiger partial charge in [-0.1, -0.05) is 6.42 Å². The van der Waals surface area contributed by atoms with Crippen LogP contribution in [-0.4, -0.2) is 45.3 Å². The van der Waals surface area contributed by atoms with E-state index in [1.807, 2.05) is 24.2 Å². The van der Waals surface area contributed by atoms with Crippen molar-refractivity contribution in [3.63, 3.8) is 0 Å². The van der Waals surface area contributed by atoms with E-state index in [1.165, 1.54) is 12.8 Å². The lowest BCUT2D eigenvalue weighted by atomic mass is 10.1. The smallest absolute Gasteiger partial charge is 0.275 e. The van der Waals surface area contributed by atoms with Gasteiger partial charge in [0.15, 0.2) is 5.69 Å². The number of rotatable bonds is 2. The summed E-state index contributed by atoms with van der Waals surface area (Å²) in [5, 5.41) is 7.50. The maximum absolute atomic E-state index is 13.2. The summed E-state index contributed by atoms with van der Waals surface area (Å²) in [7, 11) is 2.01. The van der Waals surface area contributed by atoms with Crippen LogP contribution in [0.5, 0.6) is 0 Å². The number of aromatic nitrogens is 3. The monoisotopic (exact) mass is 328 g/mol. The SMILES string of the molecule is Cn1cccc1C1COCCN1C(=O)c1n[nH]c2c1CCCCC2. The number of carbonyl (C=O) groups is 1. The highest BCUT2D eigenvalue weighted by molar-refractivity contribution is 5.94. The Morgan fingerprint density at radius 3 is 3.04 bits per heavy atom. The molecular weight excluding hydrogens is 304 g/mol. The number of fused-ring (bicyclic) bond motifs is 1. The quantitative estimate of drug-likeness (QED) is 0.860. The van der Waals surface area contributed by atoms with Crippen LogP contribution in [0.2, 0.25) is 0 Å². The summed E-state index contributed by atoms with van der Waals surface area (Å²) >= 11 is 0. The molecule has 6 heteroatoms. The van der Waals surface area contributed by atoms with Crippen molar-refractivity contribution in [2.24, 2.45) is 7.05 Å². The van der Waals surface area contributed by atoms with Gasteiger partial charge in [-0.15, -0.1) is 0 Å². The van der Waals surface area contributed by atoms with Crippen molar-refractivity contribution in [3.05, 3.63) is 41.0 Å². The highest BCUT2D eigenvalue weighted by Crippen LogP contribution is 2.28. The van der Waals surface area contributed by atoms with Gasteiger partial charge in [0.2, 0.25) is 0 Å². The van der Waals surface area contributed by atoms with Gasteiger partial charge in [-0.25, -0.2) is 0 Å². The molecule has 1 N–H and O–H groups in total. The predicted molar refractivity (Wildman–Crippen MR) is 89.9 cm³/mol. The zero-order chi connectivity index (χ0) is 16.5. The van der Waals surface area contributed by atoms with Gasteiger partial charge in [0.1, 0.15) is 0 Å². The summed E-state index contributed by atoms with van der Waals surface area (Å²) in [6, 6.07) is 4.02. The van der Waals surface area contributed by atoms with Gasteiger partial charge in [0.05, 0.1) is 19.3 Å². The van der Waals surface area contributed by atoms with Crippen molar-refractivity contribution in [1.29, 1.82) is 0 Å². The molecule has 128 valence electrons. The molecule has 1 aliphatic heterocycles. The Morgan fingerprint density at radius 1 is 1.33 bits per heavy atom. The number of hydrogen-bond acceptors (Lipinski definition) is 3. The van der Waals surface area contributed by atoms with Crippen LogP contribution in [-0.2, 0) is 24.6 Å². The molecule has 24 heavy (non-hydrogen) atoms. The van der Waals surface area contributed by atoms with Crippen molar-refractivity contribution in [3.8, 4) is 0 Å². The number of nitrogens with zero attached hydrogens (tertiary/aromatic N) is 3. The van der Waals surface area contributed by atoms with Gasteiger partial charge < -0.3 is 14.2 Å². The van der Waals surface area contributed by atoms with Crippen LogP contribution in [0.25, 0.3) is 0 Å². The molecule has 1 fully saturated rings. The van der Waals surface area contributed by atoms with E-state index in [0.717, 1.165) is 36.2 Å². The van der Waals surface area contributed by atoms with E-state index in [0.29, 0.717) is 25.5 Å². The van der Waals surface area contributed by atoms with Gasteiger partial charge >= 0.3 is 0 Å². The highest BCUT2D eigenvalue weighted by atomic mass is 16.5. The Morgan fingerprint density at radius 2 is 2.21 bits per heavy atom. The molecule has 3 heterocycles. The molecule has 2 aliphatic rings. The number of amides is 1. The average molecular weight is 328 g/mol. The number of aryl methyl sites for hydroxylation is 2. The average Bonchev–Trinajstić information content (AvgIpc) is 3.14. The van der Waals surface area contributed by atoms with Crippen LogP contribution >= 0.6 is 0 Å². The topological polar surface area (TPSA) is 63.1 Å². The third kappa shape index (κ3) is 2.65. The Labute approximate surface area is 141 Å². The fraction of sp³-hybridized carbons (Fsp3) is 0.556. The number of morpholine rings is 1. The second-order valence-corrected chi connectivity index (χ2v) is 6.72. The molecule has 2 aromatic heterocycles. The zero-order valence-electron chi connectivity index (χ0n) is 14.1. The van der Waals surface area contributed by atoms with Crippen molar-refractivity contribution in [2.45, 2.75) is 38.1 Å². The number of ether oxygens (including phenoxy) is 1. The standard InChI is InChI=1S/C18H24N4O2/c1-21-9-5-8-15(21)16-12-24-11-10-22(16)18(23)17-13-6-3-2-4-7-14(13)19-20-17/h5,8-9,16H,2-4,6-7,10-12H2,1H3,(H,19,20). The first-order valence-corrected chi connectivity index (χ1v) is 8.82. The Kier molecular flexibility index (Phi) is 4.14. The molecule has 0 saturated carbocycles. The Hall–Kier alpha value is -2.08. The number of H-pyrrole nitrogens is 1. The number of hydrogen-bond donors (Lipinski definition) is 1. The Balaban J connectivity index is 1.65. The molecule has 2 aromatic rings. The summed E-state index contributed by atoms with van der Waals surface area (Å²) in [6.45, 7) is 1.73. The second-order valence-electron chi connectivity index (χ2n) is 6.72. The first kappa shape index (κ1) is 15.4. The van der Waals surface area contributed by atoms with E-state index < -0.39 is 0 Å². The summed E-state index contributed by atoms with van der Waals surface area (Å²) in [4.78, 5) is 15.2. The van der Waals surface area contributed by atoms with Crippen molar-refractivity contribution < 1.29 is 9.53 Å². The van der Waals surface area contributed by atoms with Gasteiger partial charge in [-0.05, 0) is 37.8 Å². The molecule has 0 radical (unpaired) electrons. The number of nitrogens with one attached hydrogen (secondary N) is 1. The second kappa shape index (κ2) is 6.43. The van der Waals surface area contributed by atoms with E-state index >= 15 is 0 Å². The zero-order valence-corrected chi connectivity index (χ0v) is 14.1. The third-order valence-corrected chi connectivity index (χ3v) is 5.22. The van der Waals surface area contributed by atoms with Gasteiger partial charge in [0.25, 0.3) is 5.91 Å². The summed E-state index contributed by atoms with van der Waals surface area (Å²) < 4.78 is 7.72. The van der Waals surface area contributed by atoms with Crippen LogP contribution in [0.3, 0.4) is 0 Å². The summed E-state index contributed by atoms with van der Waals surface area (Å²) in [6.07, 6.45) is 7.49. The molecule has 1 amide bonds. The number of carbonyl (C=O) groups excluding carboxylic acids is 1. The lowest BCUT2D eigenvalue weighted by molar-refractivity contribution is -0.00500. The van der Waals surface area contributed by atoms with Crippen LogP contribution in [0, 0.1) is 0 Å². The number of aromatic amines is 1.